The number of carbonyl (C=O) groups is 1. The molecular weight excluding hydrogens is 451 g/mol. The first kappa shape index (κ1) is 24.9. The number of unbranched alkanes of at least 4 members (excludes halogenated alkanes) is 1. The van der Waals surface area contributed by atoms with Gasteiger partial charge in [0.2, 0.25) is 0 Å². The normalized spacial score (nSPS) is 12.7. The first-order valence-electron chi connectivity index (χ1n) is 12.2. The first-order valence-corrected chi connectivity index (χ1v) is 14.5. The van der Waals surface area contributed by atoms with E-state index in [9.17, 15) is 9.90 Å². The zero-order chi connectivity index (χ0) is 24.5. The van der Waals surface area contributed by atoms with Crippen molar-refractivity contribution in [3.05, 3.63) is 126 Å². The Labute approximate surface area is 208 Å². The van der Waals surface area contributed by atoms with Gasteiger partial charge in [0.15, 0.2) is 0 Å². The summed E-state index contributed by atoms with van der Waals surface area (Å²) < 4.78 is 0. The van der Waals surface area contributed by atoms with Crippen LogP contribution in [-0.2, 0) is 11.2 Å². The van der Waals surface area contributed by atoms with Crippen LogP contribution in [0, 0.1) is 0 Å². The fraction of sp³-hybridized carbons (Fsp3) is 0.194. The molecule has 0 aromatic heterocycles. The molecule has 4 rings (SSSR count). The monoisotopic (exact) mass is 484 g/mol. The number of carboxylic acids is 1. The molecule has 0 heterocycles. The Balaban J connectivity index is 1.56. The zero-order valence-corrected chi connectivity index (χ0v) is 20.9. The van der Waals surface area contributed by atoms with E-state index in [1.807, 2.05) is 18.2 Å². The fourth-order valence-corrected chi connectivity index (χ4v) is 10.0. The summed E-state index contributed by atoms with van der Waals surface area (Å²) in [6.07, 6.45) is 2.98. The Morgan fingerprint density at radius 3 is 1.69 bits per heavy atom. The summed E-state index contributed by atoms with van der Waals surface area (Å²) in [5.41, 5.74) is 1.51. The number of aliphatic hydroxyl groups is 1. The van der Waals surface area contributed by atoms with Gasteiger partial charge < -0.3 is 0 Å². The molecule has 2 N–H and O–H groups in total. The number of rotatable bonds is 11. The average molecular weight is 485 g/mol. The Morgan fingerprint density at radius 2 is 1.20 bits per heavy atom. The summed E-state index contributed by atoms with van der Waals surface area (Å²) in [6, 6.07) is 40.0. The third kappa shape index (κ3) is 6.06. The van der Waals surface area contributed by atoms with Crippen LogP contribution in [0.4, 0.5) is 0 Å². The number of carboxylic acid groups (broad SMARTS) is 1. The first-order chi connectivity index (χ1) is 17.1. The van der Waals surface area contributed by atoms with Crippen molar-refractivity contribution in [2.24, 2.45) is 0 Å². The van der Waals surface area contributed by atoms with Crippen molar-refractivity contribution >= 4 is 29.1 Å². The third-order valence-corrected chi connectivity index (χ3v) is 11.8. The van der Waals surface area contributed by atoms with Crippen LogP contribution in [-0.4, -0.2) is 22.3 Å². The molecule has 0 radical (unpaired) electrons. The fourth-order valence-electron chi connectivity index (χ4n) is 5.08. The van der Waals surface area contributed by atoms with Crippen molar-refractivity contribution < 1.29 is 15.0 Å². The van der Waals surface area contributed by atoms with E-state index in [2.05, 4.69) is 91.0 Å². The van der Waals surface area contributed by atoms with Gasteiger partial charge in [0.25, 0.3) is 0 Å². The van der Waals surface area contributed by atoms with Crippen LogP contribution in [0.5, 0.6) is 0 Å². The standard InChI is InChI=1S/C31H33O3P/c32-30(26-14-12-13-25(23-26)24-31(33)34)21-10-11-22-35(27-15-4-1-5-16-27,28-17-6-2-7-18-28)29-19-8-3-9-20-29/h1-9,12-20,23,30,32,35H,10-11,21-22,24H2,(H,33,34). The van der Waals surface area contributed by atoms with Crippen molar-refractivity contribution in [2.75, 3.05) is 6.16 Å². The van der Waals surface area contributed by atoms with Crippen LogP contribution < -0.4 is 15.9 Å². The minimum absolute atomic E-state index is 0.0279. The summed E-state index contributed by atoms with van der Waals surface area (Å²) in [7, 11) is -2.25. The molecule has 0 amide bonds. The topological polar surface area (TPSA) is 57.5 Å². The molecule has 3 nitrogen and oxygen atoms in total. The molecular formula is C31H33O3P. The van der Waals surface area contributed by atoms with E-state index in [4.69, 9.17) is 5.11 Å². The molecule has 4 aromatic rings. The SMILES string of the molecule is O=C(O)Cc1cccc(C(O)CCCC[PH](c2ccccc2)(c2ccccc2)c2ccccc2)c1. The Kier molecular flexibility index (Phi) is 8.47. The van der Waals surface area contributed by atoms with E-state index in [1.165, 1.54) is 15.9 Å². The molecule has 0 spiro atoms. The second-order valence-electron chi connectivity index (χ2n) is 9.08. The minimum atomic E-state index is -2.25. The molecule has 4 heteroatoms. The van der Waals surface area contributed by atoms with Crippen LogP contribution in [0.15, 0.2) is 115 Å². The van der Waals surface area contributed by atoms with Gasteiger partial charge in [-0.25, -0.2) is 0 Å². The number of aliphatic hydroxyl groups excluding tert-OH is 1. The summed E-state index contributed by atoms with van der Waals surface area (Å²) in [6.45, 7) is 0. The molecule has 0 aliphatic carbocycles. The molecule has 0 aliphatic rings. The summed E-state index contributed by atoms with van der Waals surface area (Å²) in [5, 5.41) is 24.1. The number of hydrogen-bond acceptors (Lipinski definition) is 2. The molecule has 1 unspecified atom stereocenters. The molecule has 0 fully saturated rings. The van der Waals surface area contributed by atoms with Crippen LogP contribution in [0.25, 0.3) is 0 Å². The van der Waals surface area contributed by atoms with Gasteiger partial charge in [0, 0.05) is 0 Å². The predicted octanol–water partition coefficient (Wildman–Crippen LogP) is 5.24. The van der Waals surface area contributed by atoms with Gasteiger partial charge in [-0.2, -0.15) is 0 Å². The second-order valence-corrected chi connectivity index (χ2v) is 13.1. The van der Waals surface area contributed by atoms with Crippen molar-refractivity contribution in [3.63, 3.8) is 0 Å². The molecule has 0 saturated heterocycles. The van der Waals surface area contributed by atoms with Crippen LogP contribution >= 0.6 is 7.26 Å². The van der Waals surface area contributed by atoms with Crippen molar-refractivity contribution in [2.45, 2.75) is 31.8 Å². The molecule has 35 heavy (non-hydrogen) atoms. The van der Waals surface area contributed by atoms with Gasteiger partial charge in [-0.1, -0.05) is 0 Å². The Bertz CT molecular complexity index is 1110. The van der Waals surface area contributed by atoms with Gasteiger partial charge in [0.05, 0.1) is 0 Å². The van der Waals surface area contributed by atoms with E-state index in [1.54, 1.807) is 6.07 Å². The molecule has 0 aliphatic heterocycles. The van der Waals surface area contributed by atoms with Gasteiger partial charge in [-0.15, -0.1) is 0 Å². The summed E-state index contributed by atoms with van der Waals surface area (Å²) >= 11 is 0. The van der Waals surface area contributed by atoms with E-state index in [0.717, 1.165) is 30.1 Å². The molecule has 0 saturated carbocycles. The summed E-state index contributed by atoms with van der Waals surface area (Å²) in [5.74, 6) is -0.860. The zero-order valence-electron chi connectivity index (χ0n) is 19.9. The van der Waals surface area contributed by atoms with E-state index >= 15 is 0 Å². The van der Waals surface area contributed by atoms with E-state index < -0.39 is 19.3 Å². The molecule has 180 valence electrons. The molecule has 4 aromatic carbocycles. The van der Waals surface area contributed by atoms with Gasteiger partial charge in [0.1, 0.15) is 0 Å². The average Bonchev–Trinajstić information content (AvgIpc) is 2.90. The van der Waals surface area contributed by atoms with Gasteiger partial charge >= 0.3 is 208 Å². The van der Waals surface area contributed by atoms with Gasteiger partial charge in [-0.3, -0.25) is 0 Å². The molecule has 0 bridgehead atoms. The Morgan fingerprint density at radius 1 is 0.686 bits per heavy atom. The number of hydrogen-bond donors (Lipinski definition) is 2. The van der Waals surface area contributed by atoms with Gasteiger partial charge in [-0.05, 0) is 0 Å². The maximum absolute atomic E-state index is 11.0. The molecule has 1 atom stereocenters. The second kappa shape index (κ2) is 11.9. The third-order valence-electron chi connectivity index (χ3n) is 6.77. The quantitative estimate of drug-likeness (QED) is 0.226. The van der Waals surface area contributed by atoms with Crippen LogP contribution in [0.1, 0.15) is 36.5 Å². The van der Waals surface area contributed by atoms with Crippen LogP contribution in [0.2, 0.25) is 0 Å². The van der Waals surface area contributed by atoms with E-state index in [0.29, 0.717) is 6.42 Å². The van der Waals surface area contributed by atoms with Crippen molar-refractivity contribution in [1.29, 1.82) is 0 Å². The maximum atomic E-state index is 11.0. The number of aliphatic carboxylic acids is 1. The summed E-state index contributed by atoms with van der Waals surface area (Å²) in [4.78, 5) is 11.0. The van der Waals surface area contributed by atoms with Crippen molar-refractivity contribution in [1.82, 2.24) is 0 Å². The van der Waals surface area contributed by atoms with E-state index in [-0.39, 0.29) is 6.42 Å². The van der Waals surface area contributed by atoms with Crippen molar-refractivity contribution in [3.8, 4) is 0 Å². The van der Waals surface area contributed by atoms with Crippen LogP contribution in [0.3, 0.4) is 0 Å². The Hall–Kier alpha value is -3.26. The number of benzene rings is 4. The predicted molar refractivity (Wildman–Crippen MR) is 148 cm³/mol.